The number of hydrogen-bond acceptors (Lipinski definition) is 2. The summed E-state index contributed by atoms with van der Waals surface area (Å²) in [5.41, 5.74) is 8.40. The summed E-state index contributed by atoms with van der Waals surface area (Å²) in [6, 6.07) is 6.74. The standard InChI is InChI=1S/C12H15NS.ClH/c1-2-9-3-4-12-11(7-9)10(5-6-13)8-14-12;/h3-4,7-8H,2,5-6,13H2,1H3;1H. The monoisotopic (exact) mass is 241 g/mol. The van der Waals surface area contributed by atoms with Gasteiger partial charge in [0.2, 0.25) is 0 Å². The van der Waals surface area contributed by atoms with Gasteiger partial charge in [0.05, 0.1) is 0 Å². The van der Waals surface area contributed by atoms with E-state index in [1.807, 2.05) is 11.3 Å². The molecule has 1 aromatic heterocycles. The van der Waals surface area contributed by atoms with Crippen LogP contribution in [0, 0.1) is 0 Å². The summed E-state index contributed by atoms with van der Waals surface area (Å²) in [5.74, 6) is 0. The summed E-state index contributed by atoms with van der Waals surface area (Å²) in [5, 5.41) is 3.64. The molecular weight excluding hydrogens is 226 g/mol. The van der Waals surface area contributed by atoms with Crippen LogP contribution in [-0.4, -0.2) is 6.54 Å². The van der Waals surface area contributed by atoms with Crippen molar-refractivity contribution in [1.82, 2.24) is 0 Å². The molecule has 0 bridgehead atoms. The summed E-state index contributed by atoms with van der Waals surface area (Å²) in [4.78, 5) is 0. The lowest BCUT2D eigenvalue weighted by Crippen LogP contribution is -2.01. The number of thiophene rings is 1. The maximum atomic E-state index is 5.59. The summed E-state index contributed by atoms with van der Waals surface area (Å²) >= 11 is 1.82. The van der Waals surface area contributed by atoms with Gasteiger partial charge in [0.25, 0.3) is 0 Å². The van der Waals surface area contributed by atoms with Gasteiger partial charge in [-0.3, -0.25) is 0 Å². The Labute approximate surface area is 101 Å². The number of fused-ring (bicyclic) bond motifs is 1. The Morgan fingerprint density at radius 3 is 2.80 bits per heavy atom. The summed E-state index contributed by atoms with van der Waals surface area (Å²) in [7, 11) is 0. The van der Waals surface area contributed by atoms with Crippen LogP contribution in [0.25, 0.3) is 10.1 Å². The molecule has 2 rings (SSSR count). The minimum absolute atomic E-state index is 0. The van der Waals surface area contributed by atoms with Crippen molar-refractivity contribution in [2.45, 2.75) is 19.8 Å². The normalized spacial score (nSPS) is 10.3. The molecule has 2 N–H and O–H groups in total. The van der Waals surface area contributed by atoms with Gasteiger partial charge < -0.3 is 5.73 Å². The van der Waals surface area contributed by atoms with Gasteiger partial charge in [0.1, 0.15) is 0 Å². The largest absolute Gasteiger partial charge is 0.330 e. The smallest absolute Gasteiger partial charge is 0.0345 e. The predicted molar refractivity (Wildman–Crippen MR) is 71.2 cm³/mol. The Morgan fingerprint density at radius 1 is 1.33 bits per heavy atom. The lowest BCUT2D eigenvalue weighted by molar-refractivity contribution is 0.981. The second-order valence-electron chi connectivity index (χ2n) is 3.48. The van der Waals surface area contributed by atoms with E-state index in [-0.39, 0.29) is 12.4 Å². The van der Waals surface area contributed by atoms with Gasteiger partial charge in [-0.05, 0) is 47.3 Å². The summed E-state index contributed by atoms with van der Waals surface area (Å²) in [6.45, 7) is 2.93. The minimum Gasteiger partial charge on any atom is -0.330 e. The maximum Gasteiger partial charge on any atom is 0.0345 e. The molecule has 1 heterocycles. The Balaban J connectivity index is 0.00000112. The second-order valence-corrected chi connectivity index (χ2v) is 4.39. The molecular formula is C12H16ClNS. The zero-order chi connectivity index (χ0) is 9.97. The first-order valence-electron chi connectivity index (χ1n) is 5.04. The zero-order valence-corrected chi connectivity index (χ0v) is 10.5. The molecule has 1 aromatic carbocycles. The number of hydrogen-bond donors (Lipinski definition) is 1. The average Bonchev–Trinajstić information content (AvgIpc) is 2.61. The molecule has 15 heavy (non-hydrogen) atoms. The van der Waals surface area contributed by atoms with Gasteiger partial charge >= 0.3 is 0 Å². The number of rotatable bonds is 3. The second kappa shape index (κ2) is 5.50. The van der Waals surface area contributed by atoms with E-state index in [9.17, 15) is 0 Å². The van der Waals surface area contributed by atoms with Crippen molar-refractivity contribution < 1.29 is 0 Å². The third-order valence-corrected chi connectivity index (χ3v) is 3.55. The van der Waals surface area contributed by atoms with E-state index in [0.717, 1.165) is 19.4 Å². The van der Waals surface area contributed by atoms with E-state index < -0.39 is 0 Å². The third-order valence-electron chi connectivity index (χ3n) is 2.54. The Hall–Kier alpha value is -0.570. The van der Waals surface area contributed by atoms with E-state index >= 15 is 0 Å². The van der Waals surface area contributed by atoms with Crippen LogP contribution in [0.2, 0.25) is 0 Å². The van der Waals surface area contributed by atoms with E-state index in [1.54, 1.807) is 0 Å². The number of benzene rings is 1. The third kappa shape index (κ3) is 2.51. The Kier molecular flexibility index (Phi) is 4.58. The van der Waals surface area contributed by atoms with Gasteiger partial charge in [0, 0.05) is 4.70 Å². The van der Waals surface area contributed by atoms with Crippen LogP contribution in [0.4, 0.5) is 0 Å². The molecule has 3 heteroatoms. The first-order valence-corrected chi connectivity index (χ1v) is 5.92. The fourth-order valence-corrected chi connectivity index (χ4v) is 2.68. The van der Waals surface area contributed by atoms with Crippen LogP contribution in [0.3, 0.4) is 0 Å². The summed E-state index contributed by atoms with van der Waals surface area (Å²) in [6.07, 6.45) is 2.10. The van der Waals surface area contributed by atoms with Crippen LogP contribution in [0.1, 0.15) is 18.1 Å². The molecule has 0 saturated carbocycles. The highest BCUT2D eigenvalue weighted by Crippen LogP contribution is 2.27. The van der Waals surface area contributed by atoms with Gasteiger partial charge in [-0.15, -0.1) is 23.7 Å². The van der Waals surface area contributed by atoms with Crippen molar-refractivity contribution in [3.8, 4) is 0 Å². The van der Waals surface area contributed by atoms with Crippen molar-refractivity contribution in [1.29, 1.82) is 0 Å². The predicted octanol–water partition coefficient (Wildman–Crippen LogP) is 3.39. The fourth-order valence-electron chi connectivity index (χ4n) is 1.70. The molecule has 0 radical (unpaired) electrons. The number of halogens is 1. The number of aryl methyl sites for hydroxylation is 1. The quantitative estimate of drug-likeness (QED) is 0.876. The first-order chi connectivity index (χ1) is 6.85. The Bertz CT molecular complexity index is 436. The SMILES string of the molecule is CCc1ccc2scc(CCN)c2c1.Cl. The topological polar surface area (TPSA) is 26.0 Å². The van der Waals surface area contributed by atoms with E-state index in [1.165, 1.54) is 21.2 Å². The van der Waals surface area contributed by atoms with Crippen LogP contribution < -0.4 is 5.73 Å². The fraction of sp³-hybridized carbons (Fsp3) is 0.333. The van der Waals surface area contributed by atoms with Crippen molar-refractivity contribution in [2.24, 2.45) is 5.73 Å². The van der Waals surface area contributed by atoms with Gasteiger partial charge in [0.15, 0.2) is 0 Å². The highest BCUT2D eigenvalue weighted by molar-refractivity contribution is 7.17. The van der Waals surface area contributed by atoms with Crippen LogP contribution in [0.15, 0.2) is 23.6 Å². The van der Waals surface area contributed by atoms with Gasteiger partial charge in [-0.1, -0.05) is 19.1 Å². The average molecular weight is 242 g/mol. The lowest BCUT2D eigenvalue weighted by atomic mass is 10.1. The van der Waals surface area contributed by atoms with Crippen molar-refractivity contribution >= 4 is 33.8 Å². The molecule has 0 amide bonds. The van der Waals surface area contributed by atoms with Crippen LogP contribution in [0.5, 0.6) is 0 Å². The molecule has 0 saturated heterocycles. The molecule has 0 fully saturated rings. The molecule has 82 valence electrons. The van der Waals surface area contributed by atoms with Crippen LogP contribution in [-0.2, 0) is 12.8 Å². The molecule has 0 spiro atoms. The van der Waals surface area contributed by atoms with Gasteiger partial charge in [-0.2, -0.15) is 0 Å². The van der Waals surface area contributed by atoms with E-state index in [2.05, 4.69) is 30.5 Å². The molecule has 0 unspecified atom stereocenters. The van der Waals surface area contributed by atoms with Crippen molar-refractivity contribution in [3.05, 3.63) is 34.7 Å². The van der Waals surface area contributed by atoms with Crippen LogP contribution >= 0.6 is 23.7 Å². The lowest BCUT2D eigenvalue weighted by Gasteiger charge is -1.99. The zero-order valence-electron chi connectivity index (χ0n) is 8.82. The molecule has 0 aliphatic rings. The molecule has 0 atom stereocenters. The molecule has 0 aliphatic heterocycles. The van der Waals surface area contributed by atoms with Crippen molar-refractivity contribution in [3.63, 3.8) is 0 Å². The van der Waals surface area contributed by atoms with Crippen molar-refractivity contribution in [2.75, 3.05) is 6.54 Å². The maximum absolute atomic E-state index is 5.59. The highest BCUT2D eigenvalue weighted by atomic mass is 35.5. The first kappa shape index (κ1) is 12.5. The number of nitrogens with two attached hydrogens (primary N) is 1. The van der Waals surface area contributed by atoms with E-state index in [0.29, 0.717) is 0 Å². The molecule has 0 aliphatic carbocycles. The molecule has 1 nitrogen and oxygen atoms in total. The van der Waals surface area contributed by atoms with Gasteiger partial charge in [-0.25, -0.2) is 0 Å². The summed E-state index contributed by atoms with van der Waals surface area (Å²) < 4.78 is 1.38. The molecule has 2 aromatic rings. The Morgan fingerprint density at radius 2 is 2.13 bits per heavy atom. The minimum atomic E-state index is 0. The van der Waals surface area contributed by atoms with E-state index in [4.69, 9.17) is 5.73 Å². The highest BCUT2D eigenvalue weighted by Gasteiger charge is 2.03.